The molecule has 8 nitrogen and oxygen atoms in total. The Kier molecular flexibility index (Phi) is 5.17. The van der Waals surface area contributed by atoms with E-state index in [1.54, 1.807) is 25.5 Å². The summed E-state index contributed by atoms with van der Waals surface area (Å²) in [5.41, 5.74) is 3.32. The molecule has 0 saturated carbocycles. The van der Waals surface area contributed by atoms with Crippen LogP contribution >= 0.6 is 0 Å². The van der Waals surface area contributed by atoms with Gasteiger partial charge in [0.15, 0.2) is 11.5 Å². The normalized spacial score (nSPS) is 18.1. The number of carbonyl (C=O) groups is 1. The number of amides is 1. The van der Waals surface area contributed by atoms with E-state index >= 15 is 0 Å². The van der Waals surface area contributed by atoms with Gasteiger partial charge in [0.05, 0.1) is 19.9 Å². The van der Waals surface area contributed by atoms with E-state index in [2.05, 4.69) is 27.4 Å². The molecule has 1 aromatic carbocycles. The van der Waals surface area contributed by atoms with Crippen LogP contribution in [0.4, 0.5) is 0 Å². The molecule has 24 heavy (non-hydrogen) atoms. The lowest BCUT2D eigenvalue weighted by Crippen LogP contribution is -2.47. The summed E-state index contributed by atoms with van der Waals surface area (Å²) in [5.74, 6) is 1.66. The lowest BCUT2D eigenvalue weighted by molar-refractivity contribution is -0.122. The summed E-state index contributed by atoms with van der Waals surface area (Å²) in [6.45, 7) is 4.28. The number of nitrogens with zero attached hydrogens (tertiary/aromatic N) is 3. The Hall–Kier alpha value is -2.32. The number of methoxy groups -OCH3 is 1. The first-order valence-corrected chi connectivity index (χ1v) is 7.86. The molecule has 2 aliphatic rings. The molecule has 0 aliphatic carbocycles. The van der Waals surface area contributed by atoms with Crippen LogP contribution in [0.3, 0.4) is 0 Å². The van der Waals surface area contributed by atoms with Crippen molar-refractivity contribution in [1.82, 2.24) is 15.2 Å². The average Bonchev–Trinajstić information content (AvgIpc) is 3.05. The summed E-state index contributed by atoms with van der Waals surface area (Å²) in [6, 6.07) is 3.57. The van der Waals surface area contributed by atoms with Gasteiger partial charge in [-0.25, -0.2) is 5.43 Å². The van der Waals surface area contributed by atoms with Crippen molar-refractivity contribution < 1.29 is 19.0 Å². The van der Waals surface area contributed by atoms with Crippen LogP contribution in [0.2, 0.25) is 0 Å². The number of ether oxygens (including phenoxy) is 3. The minimum absolute atomic E-state index is 0.122. The van der Waals surface area contributed by atoms with E-state index < -0.39 is 0 Å². The van der Waals surface area contributed by atoms with E-state index in [1.165, 1.54) is 0 Å². The van der Waals surface area contributed by atoms with E-state index in [0.29, 0.717) is 23.8 Å². The third-order valence-corrected chi connectivity index (χ3v) is 4.05. The highest BCUT2D eigenvalue weighted by Crippen LogP contribution is 2.41. The van der Waals surface area contributed by atoms with E-state index in [4.69, 9.17) is 14.2 Å². The van der Waals surface area contributed by atoms with Crippen molar-refractivity contribution in [2.45, 2.75) is 0 Å². The molecule has 0 bridgehead atoms. The summed E-state index contributed by atoms with van der Waals surface area (Å²) in [7, 11) is 3.65. The number of benzene rings is 1. The summed E-state index contributed by atoms with van der Waals surface area (Å²) in [4.78, 5) is 16.3. The fourth-order valence-corrected chi connectivity index (χ4v) is 2.65. The average molecular weight is 334 g/mol. The van der Waals surface area contributed by atoms with Gasteiger partial charge < -0.3 is 19.1 Å². The number of hydrogen-bond acceptors (Lipinski definition) is 7. The Bertz CT molecular complexity index is 627. The molecule has 0 unspecified atom stereocenters. The summed E-state index contributed by atoms with van der Waals surface area (Å²) in [5, 5.41) is 4.01. The number of fused-ring (bicyclic) bond motifs is 1. The van der Waals surface area contributed by atoms with Gasteiger partial charge in [0.1, 0.15) is 0 Å². The predicted octanol–water partition coefficient (Wildman–Crippen LogP) is 0.121. The lowest BCUT2D eigenvalue weighted by atomic mass is 10.2. The van der Waals surface area contributed by atoms with Crippen molar-refractivity contribution in [2.24, 2.45) is 5.10 Å². The molecule has 8 heteroatoms. The maximum Gasteiger partial charge on any atom is 0.254 e. The number of piperazine rings is 1. The summed E-state index contributed by atoms with van der Waals surface area (Å²) >= 11 is 0. The van der Waals surface area contributed by atoms with E-state index in [1.807, 2.05) is 0 Å². The van der Waals surface area contributed by atoms with Crippen molar-refractivity contribution in [3.8, 4) is 17.2 Å². The van der Waals surface area contributed by atoms with Crippen LogP contribution in [-0.2, 0) is 4.79 Å². The van der Waals surface area contributed by atoms with Gasteiger partial charge in [0.25, 0.3) is 5.91 Å². The number of nitrogens with one attached hydrogen (secondary N) is 1. The molecule has 1 aromatic rings. The number of hydrazone groups is 1. The van der Waals surface area contributed by atoms with Gasteiger partial charge in [-0.3, -0.25) is 9.69 Å². The minimum atomic E-state index is -0.122. The zero-order chi connectivity index (χ0) is 16.9. The van der Waals surface area contributed by atoms with E-state index in [0.717, 1.165) is 31.7 Å². The maximum atomic E-state index is 11.9. The minimum Gasteiger partial charge on any atom is -0.493 e. The van der Waals surface area contributed by atoms with Crippen LogP contribution in [-0.4, -0.2) is 75.6 Å². The summed E-state index contributed by atoms with van der Waals surface area (Å²) < 4.78 is 16.0. The number of hydrogen-bond donors (Lipinski definition) is 1. The monoisotopic (exact) mass is 334 g/mol. The number of rotatable bonds is 5. The Morgan fingerprint density at radius 2 is 2.12 bits per heavy atom. The first kappa shape index (κ1) is 16.5. The molecule has 0 radical (unpaired) electrons. The van der Waals surface area contributed by atoms with Crippen molar-refractivity contribution in [3.05, 3.63) is 17.7 Å². The van der Waals surface area contributed by atoms with Crippen LogP contribution in [0.1, 0.15) is 5.56 Å². The first-order chi connectivity index (χ1) is 11.7. The van der Waals surface area contributed by atoms with Crippen molar-refractivity contribution in [2.75, 3.05) is 53.7 Å². The van der Waals surface area contributed by atoms with Gasteiger partial charge in [-0.2, -0.15) is 5.10 Å². The molecule has 1 amide bonds. The molecule has 0 spiro atoms. The highest BCUT2D eigenvalue weighted by atomic mass is 16.7. The Labute approximate surface area is 141 Å². The van der Waals surface area contributed by atoms with Crippen LogP contribution < -0.4 is 19.6 Å². The third kappa shape index (κ3) is 3.95. The predicted molar refractivity (Wildman–Crippen MR) is 88.8 cm³/mol. The van der Waals surface area contributed by atoms with Crippen molar-refractivity contribution >= 4 is 12.1 Å². The molecule has 0 aromatic heterocycles. The third-order valence-electron chi connectivity index (χ3n) is 4.05. The van der Waals surface area contributed by atoms with Gasteiger partial charge in [0, 0.05) is 31.7 Å². The second kappa shape index (κ2) is 7.50. The maximum absolute atomic E-state index is 11.9. The standard InChI is InChI=1S/C16H22N4O4/c1-19-3-5-20(6-4-19)10-15(21)18-17-9-12-7-13(22-2)16-14(8-12)23-11-24-16/h7-9H,3-6,10-11H2,1-2H3,(H,18,21)/b17-9+. The molecular formula is C16H22N4O4. The first-order valence-electron chi connectivity index (χ1n) is 7.86. The largest absolute Gasteiger partial charge is 0.493 e. The topological polar surface area (TPSA) is 75.6 Å². The van der Waals surface area contributed by atoms with Crippen LogP contribution in [0, 0.1) is 0 Å². The smallest absolute Gasteiger partial charge is 0.254 e. The number of likely N-dealkylation sites (N-methyl/N-ethyl adjacent to an activating group) is 1. The fourth-order valence-electron chi connectivity index (χ4n) is 2.65. The SMILES string of the molecule is COc1cc(/C=N/NC(=O)CN2CCN(C)CC2)cc2c1OCO2. The highest BCUT2D eigenvalue weighted by Gasteiger charge is 2.20. The molecule has 1 saturated heterocycles. The lowest BCUT2D eigenvalue weighted by Gasteiger charge is -2.31. The van der Waals surface area contributed by atoms with Crippen LogP contribution in [0.25, 0.3) is 0 Å². The molecule has 0 atom stereocenters. The number of carbonyl (C=O) groups excluding carboxylic acids is 1. The molecule has 3 rings (SSSR count). The molecule has 1 N–H and O–H groups in total. The molecule has 2 heterocycles. The van der Waals surface area contributed by atoms with Gasteiger partial charge in [-0.05, 0) is 19.2 Å². The van der Waals surface area contributed by atoms with Crippen molar-refractivity contribution in [1.29, 1.82) is 0 Å². The second-order valence-electron chi connectivity index (χ2n) is 5.83. The van der Waals surface area contributed by atoms with Gasteiger partial charge >= 0.3 is 0 Å². The van der Waals surface area contributed by atoms with E-state index in [-0.39, 0.29) is 12.7 Å². The Morgan fingerprint density at radius 1 is 1.33 bits per heavy atom. The van der Waals surface area contributed by atoms with Crippen LogP contribution in [0.5, 0.6) is 17.2 Å². The fraction of sp³-hybridized carbons (Fsp3) is 0.500. The Balaban J connectivity index is 1.53. The molecule has 2 aliphatic heterocycles. The quantitative estimate of drug-likeness (QED) is 0.609. The second-order valence-corrected chi connectivity index (χ2v) is 5.83. The highest BCUT2D eigenvalue weighted by molar-refractivity contribution is 5.85. The van der Waals surface area contributed by atoms with Crippen LogP contribution in [0.15, 0.2) is 17.2 Å². The zero-order valence-corrected chi connectivity index (χ0v) is 13.9. The van der Waals surface area contributed by atoms with E-state index in [9.17, 15) is 4.79 Å². The summed E-state index contributed by atoms with van der Waals surface area (Å²) in [6.07, 6.45) is 1.56. The van der Waals surface area contributed by atoms with Gasteiger partial charge in [-0.15, -0.1) is 0 Å². The van der Waals surface area contributed by atoms with Gasteiger partial charge in [0.2, 0.25) is 12.5 Å². The molecular weight excluding hydrogens is 312 g/mol. The van der Waals surface area contributed by atoms with Gasteiger partial charge in [-0.1, -0.05) is 0 Å². The Morgan fingerprint density at radius 3 is 2.88 bits per heavy atom. The zero-order valence-electron chi connectivity index (χ0n) is 13.9. The molecule has 1 fully saturated rings. The van der Waals surface area contributed by atoms with Crippen molar-refractivity contribution in [3.63, 3.8) is 0 Å². The molecule has 130 valence electrons.